The van der Waals surface area contributed by atoms with Gasteiger partial charge in [-0.25, -0.2) is 4.79 Å². The van der Waals surface area contributed by atoms with Crippen LogP contribution in [0.15, 0.2) is 24.3 Å². The van der Waals surface area contributed by atoms with E-state index in [0.717, 1.165) is 5.56 Å². The summed E-state index contributed by atoms with van der Waals surface area (Å²) in [5.41, 5.74) is 6.87. The van der Waals surface area contributed by atoms with E-state index in [4.69, 9.17) is 5.73 Å². The van der Waals surface area contributed by atoms with Crippen LogP contribution in [-0.2, 0) is 9.53 Å². The van der Waals surface area contributed by atoms with Crippen LogP contribution >= 0.6 is 0 Å². The van der Waals surface area contributed by atoms with Crippen LogP contribution in [0, 0.1) is 6.92 Å². The molecule has 0 aliphatic heterocycles. The highest BCUT2D eigenvalue weighted by molar-refractivity contribution is 6.11. The number of hydrogen-bond acceptors (Lipinski definition) is 4. The van der Waals surface area contributed by atoms with E-state index < -0.39 is 17.8 Å². The van der Waals surface area contributed by atoms with Gasteiger partial charge in [0.2, 0.25) is 0 Å². The number of ether oxygens (including phenoxy) is 1. The SMILES string of the molecule is COC(=O)[C@@H](N)C(=O)c1ccc(C)cc1. The van der Waals surface area contributed by atoms with E-state index in [0.29, 0.717) is 5.56 Å². The van der Waals surface area contributed by atoms with E-state index in [-0.39, 0.29) is 0 Å². The van der Waals surface area contributed by atoms with Gasteiger partial charge < -0.3 is 10.5 Å². The van der Waals surface area contributed by atoms with Gasteiger partial charge in [-0.15, -0.1) is 0 Å². The number of carbonyl (C=O) groups excluding carboxylic acids is 2. The topological polar surface area (TPSA) is 69.4 Å². The number of Topliss-reactive ketones (excluding diaryl/α,β-unsaturated/α-hetero) is 1. The minimum absolute atomic E-state index is 0.415. The molecule has 1 atom stereocenters. The Morgan fingerprint density at radius 1 is 1.27 bits per heavy atom. The number of hydrogen-bond donors (Lipinski definition) is 1. The molecule has 1 rings (SSSR count). The highest BCUT2D eigenvalue weighted by atomic mass is 16.5. The Morgan fingerprint density at radius 3 is 2.27 bits per heavy atom. The maximum absolute atomic E-state index is 11.6. The van der Waals surface area contributed by atoms with Crippen molar-refractivity contribution < 1.29 is 14.3 Å². The third-order valence-corrected chi connectivity index (χ3v) is 2.07. The Hall–Kier alpha value is -1.68. The van der Waals surface area contributed by atoms with Crippen LogP contribution in [0.5, 0.6) is 0 Å². The van der Waals surface area contributed by atoms with Crippen LogP contribution < -0.4 is 5.73 Å². The van der Waals surface area contributed by atoms with Gasteiger partial charge in [0.1, 0.15) is 0 Å². The average molecular weight is 207 g/mol. The molecule has 0 fully saturated rings. The molecule has 0 aliphatic carbocycles. The van der Waals surface area contributed by atoms with Gasteiger partial charge in [0.15, 0.2) is 11.8 Å². The molecule has 0 unspecified atom stereocenters. The number of ketones is 1. The van der Waals surface area contributed by atoms with Gasteiger partial charge in [-0.1, -0.05) is 29.8 Å². The van der Waals surface area contributed by atoms with Crippen molar-refractivity contribution in [3.05, 3.63) is 35.4 Å². The Labute approximate surface area is 88.0 Å². The van der Waals surface area contributed by atoms with E-state index in [2.05, 4.69) is 4.74 Å². The molecule has 0 aromatic heterocycles. The molecule has 4 heteroatoms. The molecule has 2 N–H and O–H groups in total. The van der Waals surface area contributed by atoms with Crippen LogP contribution in [0.2, 0.25) is 0 Å². The zero-order chi connectivity index (χ0) is 11.4. The van der Waals surface area contributed by atoms with E-state index >= 15 is 0 Å². The summed E-state index contributed by atoms with van der Waals surface area (Å²) in [6.45, 7) is 1.91. The first-order valence-corrected chi connectivity index (χ1v) is 4.50. The van der Waals surface area contributed by atoms with E-state index in [1.54, 1.807) is 24.3 Å². The third kappa shape index (κ3) is 2.63. The van der Waals surface area contributed by atoms with E-state index in [1.165, 1.54) is 7.11 Å². The lowest BCUT2D eigenvalue weighted by atomic mass is 10.0. The molecule has 0 spiro atoms. The monoisotopic (exact) mass is 207 g/mol. The summed E-state index contributed by atoms with van der Waals surface area (Å²) in [6, 6.07) is 5.62. The highest BCUT2D eigenvalue weighted by Crippen LogP contribution is 2.06. The molecule has 0 amide bonds. The normalized spacial score (nSPS) is 11.9. The molecule has 0 aliphatic rings. The number of nitrogens with two attached hydrogens (primary N) is 1. The van der Waals surface area contributed by atoms with Gasteiger partial charge in [0.05, 0.1) is 7.11 Å². The fourth-order valence-corrected chi connectivity index (χ4v) is 1.13. The van der Waals surface area contributed by atoms with Gasteiger partial charge in [-0.2, -0.15) is 0 Å². The van der Waals surface area contributed by atoms with Gasteiger partial charge in [0.25, 0.3) is 0 Å². The number of esters is 1. The molecular weight excluding hydrogens is 194 g/mol. The second-order valence-corrected chi connectivity index (χ2v) is 3.23. The minimum Gasteiger partial charge on any atom is -0.468 e. The van der Waals surface area contributed by atoms with Crippen molar-refractivity contribution in [1.82, 2.24) is 0 Å². The fourth-order valence-electron chi connectivity index (χ4n) is 1.13. The lowest BCUT2D eigenvalue weighted by Crippen LogP contribution is -2.39. The average Bonchev–Trinajstić information content (AvgIpc) is 2.27. The number of aryl methyl sites for hydroxylation is 1. The molecular formula is C11H13NO3. The maximum Gasteiger partial charge on any atom is 0.330 e. The number of carbonyl (C=O) groups is 2. The predicted molar refractivity (Wildman–Crippen MR) is 55.5 cm³/mol. The van der Waals surface area contributed by atoms with Crippen molar-refractivity contribution in [1.29, 1.82) is 0 Å². The predicted octanol–water partition coefficient (Wildman–Crippen LogP) is 0.678. The van der Waals surface area contributed by atoms with Crippen LogP contribution in [0.25, 0.3) is 0 Å². The number of rotatable bonds is 3. The summed E-state index contributed by atoms with van der Waals surface area (Å²) in [6.07, 6.45) is 0. The van der Waals surface area contributed by atoms with Crippen LogP contribution in [-0.4, -0.2) is 24.9 Å². The number of benzene rings is 1. The molecule has 0 bridgehead atoms. The summed E-state index contributed by atoms with van der Waals surface area (Å²) in [4.78, 5) is 22.7. The van der Waals surface area contributed by atoms with Crippen LogP contribution in [0.3, 0.4) is 0 Å². The van der Waals surface area contributed by atoms with Gasteiger partial charge in [-0.05, 0) is 6.92 Å². The first kappa shape index (κ1) is 11.4. The van der Waals surface area contributed by atoms with Gasteiger partial charge in [0, 0.05) is 5.56 Å². The van der Waals surface area contributed by atoms with Crippen LogP contribution in [0.1, 0.15) is 15.9 Å². The zero-order valence-corrected chi connectivity index (χ0v) is 8.69. The van der Waals surface area contributed by atoms with Crippen molar-refractivity contribution in [2.75, 3.05) is 7.11 Å². The summed E-state index contributed by atoms with van der Waals surface area (Å²) < 4.78 is 4.39. The standard InChI is InChI=1S/C11H13NO3/c1-7-3-5-8(6-4-7)10(13)9(12)11(14)15-2/h3-6,9H,12H2,1-2H3/t9-/m0/s1. The summed E-state index contributed by atoms with van der Waals surface area (Å²) >= 11 is 0. The fraction of sp³-hybridized carbons (Fsp3) is 0.273. The van der Waals surface area contributed by atoms with E-state index in [9.17, 15) is 9.59 Å². The maximum atomic E-state index is 11.6. The lowest BCUT2D eigenvalue weighted by Gasteiger charge is -2.07. The minimum atomic E-state index is -1.24. The number of methoxy groups -OCH3 is 1. The molecule has 1 aromatic carbocycles. The van der Waals surface area contributed by atoms with Crippen molar-refractivity contribution >= 4 is 11.8 Å². The van der Waals surface area contributed by atoms with Crippen molar-refractivity contribution in [2.45, 2.75) is 13.0 Å². The molecule has 0 heterocycles. The lowest BCUT2D eigenvalue weighted by molar-refractivity contribution is -0.140. The molecule has 80 valence electrons. The third-order valence-electron chi connectivity index (χ3n) is 2.07. The Balaban J connectivity index is 2.85. The van der Waals surface area contributed by atoms with E-state index in [1.807, 2.05) is 6.92 Å². The molecule has 15 heavy (non-hydrogen) atoms. The molecule has 4 nitrogen and oxygen atoms in total. The highest BCUT2D eigenvalue weighted by Gasteiger charge is 2.23. The molecule has 0 radical (unpaired) electrons. The molecule has 0 saturated heterocycles. The summed E-state index contributed by atoms with van der Waals surface area (Å²) in [5.74, 6) is -1.15. The molecule has 0 saturated carbocycles. The second-order valence-electron chi connectivity index (χ2n) is 3.23. The summed E-state index contributed by atoms with van der Waals surface area (Å²) in [7, 11) is 1.20. The first-order valence-electron chi connectivity index (χ1n) is 4.50. The smallest absolute Gasteiger partial charge is 0.330 e. The van der Waals surface area contributed by atoms with Crippen molar-refractivity contribution in [2.24, 2.45) is 5.73 Å². The second kappa shape index (κ2) is 4.70. The summed E-state index contributed by atoms with van der Waals surface area (Å²) in [5, 5.41) is 0. The van der Waals surface area contributed by atoms with Crippen molar-refractivity contribution in [3.63, 3.8) is 0 Å². The Morgan fingerprint density at radius 2 is 1.80 bits per heavy atom. The largest absolute Gasteiger partial charge is 0.468 e. The Kier molecular flexibility index (Phi) is 3.57. The zero-order valence-electron chi connectivity index (χ0n) is 8.69. The Bertz CT molecular complexity index is 370. The first-order chi connectivity index (χ1) is 7.06. The van der Waals surface area contributed by atoms with Crippen molar-refractivity contribution in [3.8, 4) is 0 Å². The van der Waals surface area contributed by atoms with Gasteiger partial charge >= 0.3 is 5.97 Å². The van der Waals surface area contributed by atoms with Crippen LogP contribution in [0.4, 0.5) is 0 Å². The molecule has 1 aromatic rings. The van der Waals surface area contributed by atoms with Gasteiger partial charge in [-0.3, -0.25) is 4.79 Å². The quantitative estimate of drug-likeness (QED) is 0.449.